The molecule has 1 aromatic heterocycles. The first-order chi connectivity index (χ1) is 17.9. The molecular formula is C34H23NO. The van der Waals surface area contributed by atoms with Crippen LogP contribution < -0.4 is 4.90 Å². The van der Waals surface area contributed by atoms with E-state index in [1.165, 1.54) is 21.5 Å². The molecule has 36 heavy (non-hydrogen) atoms. The standard InChI is InChI=1S/C34H23NO/c1-2-14-26(15-3-1)35(32-22-24-12-4-6-16-27(24)28-17-7-8-18-29(28)32)31-20-10-9-19-30(31)34-23-25-13-5-11-21-33(25)36-34/h1-23H. The number of fused-ring (bicyclic) bond motifs is 4. The summed E-state index contributed by atoms with van der Waals surface area (Å²) in [6, 6.07) is 49.0. The molecule has 0 spiro atoms. The van der Waals surface area contributed by atoms with Gasteiger partial charge in [0.1, 0.15) is 11.3 Å². The van der Waals surface area contributed by atoms with Gasteiger partial charge in [0.15, 0.2) is 0 Å². The molecular weight excluding hydrogens is 438 g/mol. The highest BCUT2D eigenvalue weighted by molar-refractivity contribution is 6.15. The second-order valence-electron chi connectivity index (χ2n) is 9.00. The van der Waals surface area contributed by atoms with E-state index in [9.17, 15) is 0 Å². The van der Waals surface area contributed by atoms with E-state index in [1.54, 1.807) is 0 Å². The molecule has 0 aliphatic heterocycles. The van der Waals surface area contributed by atoms with Crippen LogP contribution in [0.15, 0.2) is 144 Å². The van der Waals surface area contributed by atoms with Crippen LogP contribution in [0.1, 0.15) is 0 Å². The van der Waals surface area contributed by atoms with Crippen LogP contribution in [0, 0.1) is 0 Å². The van der Waals surface area contributed by atoms with Crippen LogP contribution in [0.2, 0.25) is 0 Å². The third-order valence-electron chi connectivity index (χ3n) is 6.84. The van der Waals surface area contributed by atoms with E-state index in [2.05, 4.69) is 126 Å². The van der Waals surface area contributed by atoms with Gasteiger partial charge in [0.2, 0.25) is 0 Å². The lowest BCUT2D eigenvalue weighted by Gasteiger charge is -2.29. The molecule has 1 heterocycles. The van der Waals surface area contributed by atoms with Gasteiger partial charge in [-0.3, -0.25) is 0 Å². The molecule has 0 aliphatic rings. The molecule has 170 valence electrons. The summed E-state index contributed by atoms with van der Waals surface area (Å²) >= 11 is 0. The Labute approximate surface area is 209 Å². The average Bonchev–Trinajstić information content (AvgIpc) is 3.38. The van der Waals surface area contributed by atoms with Crippen LogP contribution in [0.3, 0.4) is 0 Å². The third-order valence-corrected chi connectivity index (χ3v) is 6.84. The Morgan fingerprint density at radius 1 is 0.444 bits per heavy atom. The molecule has 0 amide bonds. The zero-order chi connectivity index (χ0) is 23.9. The largest absolute Gasteiger partial charge is 0.456 e. The highest BCUT2D eigenvalue weighted by Crippen LogP contribution is 2.45. The van der Waals surface area contributed by atoms with Crippen molar-refractivity contribution in [2.24, 2.45) is 0 Å². The van der Waals surface area contributed by atoms with Crippen LogP contribution in [-0.4, -0.2) is 0 Å². The normalized spacial score (nSPS) is 11.3. The van der Waals surface area contributed by atoms with Gasteiger partial charge in [-0.15, -0.1) is 0 Å². The Morgan fingerprint density at radius 2 is 1.08 bits per heavy atom. The highest BCUT2D eigenvalue weighted by atomic mass is 16.3. The van der Waals surface area contributed by atoms with Crippen molar-refractivity contribution in [3.8, 4) is 11.3 Å². The van der Waals surface area contributed by atoms with Gasteiger partial charge in [-0.05, 0) is 58.6 Å². The number of hydrogen-bond acceptors (Lipinski definition) is 2. The maximum absolute atomic E-state index is 6.35. The van der Waals surface area contributed by atoms with E-state index in [-0.39, 0.29) is 0 Å². The summed E-state index contributed by atoms with van der Waals surface area (Å²) in [6.45, 7) is 0. The van der Waals surface area contributed by atoms with Crippen molar-refractivity contribution in [2.75, 3.05) is 4.90 Å². The van der Waals surface area contributed by atoms with E-state index >= 15 is 0 Å². The van der Waals surface area contributed by atoms with Crippen LogP contribution in [0.5, 0.6) is 0 Å². The lowest BCUT2D eigenvalue weighted by molar-refractivity contribution is 0.631. The van der Waals surface area contributed by atoms with E-state index in [0.29, 0.717) is 0 Å². The fourth-order valence-corrected chi connectivity index (χ4v) is 5.20. The monoisotopic (exact) mass is 461 g/mol. The fraction of sp³-hybridized carbons (Fsp3) is 0. The van der Waals surface area contributed by atoms with Crippen molar-refractivity contribution in [3.05, 3.63) is 140 Å². The predicted molar refractivity (Wildman–Crippen MR) is 151 cm³/mol. The summed E-state index contributed by atoms with van der Waals surface area (Å²) in [5, 5.41) is 6.03. The van der Waals surface area contributed by atoms with Crippen molar-refractivity contribution in [2.45, 2.75) is 0 Å². The van der Waals surface area contributed by atoms with Gasteiger partial charge >= 0.3 is 0 Å². The molecule has 0 atom stereocenters. The van der Waals surface area contributed by atoms with Crippen molar-refractivity contribution in [1.29, 1.82) is 0 Å². The first-order valence-corrected chi connectivity index (χ1v) is 12.2. The van der Waals surface area contributed by atoms with E-state index in [4.69, 9.17) is 4.42 Å². The lowest BCUT2D eigenvalue weighted by Crippen LogP contribution is -2.11. The van der Waals surface area contributed by atoms with E-state index in [0.717, 1.165) is 39.4 Å². The summed E-state index contributed by atoms with van der Waals surface area (Å²) in [5.74, 6) is 0.859. The van der Waals surface area contributed by atoms with Crippen molar-refractivity contribution in [1.82, 2.24) is 0 Å². The molecule has 2 heteroatoms. The Balaban J connectivity index is 1.55. The molecule has 0 aliphatic carbocycles. The molecule has 0 bridgehead atoms. The first-order valence-electron chi connectivity index (χ1n) is 12.2. The Kier molecular flexibility index (Phi) is 4.82. The van der Waals surface area contributed by atoms with E-state index < -0.39 is 0 Å². The number of nitrogens with zero attached hydrogens (tertiary/aromatic N) is 1. The second-order valence-corrected chi connectivity index (χ2v) is 9.00. The number of anilines is 3. The van der Waals surface area contributed by atoms with Gasteiger partial charge in [0.25, 0.3) is 0 Å². The van der Waals surface area contributed by atoms with Crippen molar-refractivity contribution >= 4 is 49.6 Å². The average molecular weight is 462 g/mol. The minimum absolute atomic E-state index is 0.859. The SMILES string of the molecule is c1ccc(N(c2ccccc2-c2cc3ccccc3o2)c2cc3ccccc3c3ccccc23)cc1. The van der Waals surface area contributed by atoms with Crippen LogP contribution >= 0.6 is 0 Å². The maximum Gasteiger partial charge on any atom is 0.137 e. The van der Waals surface area contributed by atoms with Gasteiger partial charge in [0.05, 0.1) is 11.4 Å². The van der Waals surface area contributed by atoms with Crippen molar-refractivity contribution in [3.63, 3.8) is 0 Å². The summed E-state index contributed by atoms with van der Waals surface area (Å²) < 4.78 is 6.35. The third kappa shape index (κ3) is 3.35. The minimum atomic E-state index is 0.859. The molecule has 2 nitrogen and oxygen atoms in total. The quantitative estimate of drug-likeness (QED) is 0.243. The molecule has 0 unspecified atom stereocenters. The lowest BCUT2D eigenvalue weighted by atomic mass is 9.98. The Morgan fingerprint density at radius 3 is 1.92 bits per heavy atom. The molecule has 0 N–H and O–H groups in total. The molecule has 0 saturated carbocycles. The summed E-state index contributed by atoms with van der Waals surface area (Å²) in [6.07, 6.45) is 0. The zero-order valence-electron chi connectivity index (χ0n) is 19.6. The van der Waals surface area contributed by atoms with Crippen LogP contribution in [0.25, 0.3) is 43.8 Å². The van der Waals surface area contributed by atoms with Gasteiger partial charge < -0.3 is 9.32 Å². The van der Waals surface area contributed by atoms with Gasteiger partial charge in [0, 0.05) is 22.0 Å². The minimum Gasteiger partial charge on any atom is -0.456 e. The number of benzene rings is 6. The Bertz CT molecular complexity index is 1820. The first kappa shape index (κ1) is 20.5. The van der Waals surface area contributed by atoms with Gasteiger partial charge in [-0.25, -0.2) is 0 Å². The van der Waals surface area contributed by atoms with Gasteiger partial charge in [-0.1, -0.05) is 97.1 Å². The molecule has 0 fully saturated rings. The molecule has 0 saturated heterocycles. The van der Waals surface area contributed by atoms with Crippen molar-refractivity contribution < 1.29 is 4.42 Å². The van der Waals surface area contributed by atoms with Crippen LogP contribution in [0.4, 0.5) is 17.1 Å². The number of hydrogen-bond donors (Lipinski definition) is 0. The predicted octanol–water partition coefficient (Wildman–Crippen LogP) is 9.88. The molecule has 0 radical (unpaired) electrons. The highest BCUT2D eigenvalue weighted by Gasteiger charge is 2.21. The maximum atomic E-state index is 6.35. The summed E-state index contributed by atoms with van der Waals surface area (Å²) in [7, 11) is 0. The molecule has 7 aromatic rings. The smallest absolute Gasteiger partial charge is 0.137 e. The fourth-order valence-electron chi connectivity index (χ4n) is 5.20. The van der Waals surface area contributed by atoms with Gasteiger partial charge in [-0.2, -0.15) is 0 Å². The molecule has 6 aromatic carbocycles. The topological polar surface area (TPSA) is 16.4 Å². The second kappa shape index (κ2) is 8.44. The summed E-state index contributed by atoms with van der Waals surface area (Å²) in [4.78, 5) is 2.36. The van der Waals surface area contributed by atoms with E-state index in [1.807, 2.05) is 18.2 Å². The number of para-hydroxylation sites is 3. The zero-order valence-corrected chi connectivity index (χ0v) is 19.6. The Hall–Kier alpha value is -4.82. The number of rotatable bonds is 4. The van der Waals surface area contributed by atoms with Crippen LogP contribution in [-0.2, 0) is 0 Å². The molecule has 7 rings (SSSR count). The number of furan rings is 1. The summed E-state index contributed by atoms with van der Waals surface area (Å²) in [5.41, 5.74) is 5.25.